The van der Waals surface area contributed by atoms with E-state index in [-0.39, 0.29) is 12.1 Å². The number of piperidine rings is 1. The summed E-state index contributed by atoms with van der Waals surface area (Å²) in [6.45, 7) is 4.91. The fraction of sp³-hybridized carbons (Fsp3) is 0.533. The van der Waals surface area contributed by atoms with Gasteiger partial charge in [0.15, 0.2) is 0 Å². The first-order valence-electron chi connectivity index (χ1n) is 7.08. The van der Waals surface area contributed by atoms with Crippen LogP contribution in [-0.2, 0) is 11.3 Å². The van der Waals surface area contributed by atoms with Gasteiger partial charge in [0.25, 0.3) is 0 Å². The summed E-state index contributed by atoms with van der Waals surface area (Å²) in [5.74, 6) is 0. The third-order valence-electron chi connectivity index (χ3n) is 3.45. The second-order valence-electron chi connectivity index (χ2n) is 5.03. The van der Waals surface area contributed by atoms with Crippen LogP contribution in [0.3, 0.4) is 0 Å². The van der Waals surface area contributed by atoms with Crippen LogP contribution in [0.1, 0.15) is 25.3 Å². The molecule has 1 amide bonds. The smallest absolute Gasteiger partial charge is 0.407 e. The number of carbonyl (C=O) groups excluding carboxylic acids is 1. The fourth-order valence-corrected chi connectivity index (χ4v) is 2.72. The summed E-state index contributed by atoms with van der Waals surface area (Å²) in [4.78, 5) is 13.8. The highest BCUT2D eigenvalue weighted by Gasteiger charge is 2.22. The first-order valence-corrected chi connectivity index (χ1v) is 7.46. The average Bonchev–Trinajstić information content (AvgIpc) is 2.42. The number of rotatable bonds is 4. The predicted molar refractivity (Wildman–Crippen MR) is 79.9 cm³/mol. The van der Waals surface area contributed by atoms with Crippen LogP contribution in [-0.4, -0.2) is 36.7 Å². The summed E-state index contributed by atoms with van der Waals surface area (Å²) >= 11 is 6.19. The van der Waals surface area contributed by atoms with E-state index in [1.54, 1.807) is 0 Å². The van der Waals surface area contributed by atoms with E-state index in [1.807, 2.05) is 31.2 Å². The lowest BCUT2D eigenvalue weighted by Gasteiger charge is -2.33. The molecule has 2 rings (SSSR count). The zero-order valence-corrected chi connectivity index (χ0v) is 12.5. The summed E-state index contributed by atoms with van der Waals surface area (Å²) in [6, 6.07) is 8.05. The Hall–Kier alpha value is -1.26. The topological polar surface area (TPSA) is 41.6 Å². The lowest BCUT2D eigenvalue weighted by molar-refractivity contribution is 0.132. The van der Waals surface area contributed by atoms with Gasteiger partial charge in [-0.1, -0.05) is 29.8 Å². The molecule has 1 aliphatic heterocycles. The molecule has 0 radical (unpaired) electrons. The van der Waals surface area contributed by atoms with E-state index in [2.05, 4.69) is 10.2 Å². The number of nitrogens with one attached hydrogen (secondary N) is 1. The molecule has 1 aliphatic rings. The third kappa shape index (κ3) is 4.39. The zero-order chi connectivity index (χ0) is 14.4. The highest BCUT2D eigenvalue weighted by atomic mass is 35.5. The van der Waals surface area contributed by atoms with Crippen molar-refractivity contribution in [2.75, 3.05) is 19.7 Å². The number of amides is 1. The minimum absolute atomic E-state index is 0.158. The van der Waals surface area contributed by atoms with E-state index in [4.69, 9.17) is 16.3 Å². The summed E-state index contributed by atoms with van der Waals surface area (Å²) < 4.78 is 4.93. The van der Waals surface area contributed by atoms with Crippen molar-refractivity contribution in [3.05, 3.63) is 34.9 Å². The van der Waals surface area contributed by atoms with Crippen LogP contribution in [0, 0.1) is 0 Å². The molecule has 0 bridgehead atoms. The molecule has 1 saturated heterocycles. The van der Waals surface area contributed by atoms with E-state index in [0.717, 1.165) is 43.1 Å². The minimum Gasteiger partial charge on any atom is -0.450 e. The van der Waals surface area contributed by atoms with Crippen molar-refractivity contribution in [1.29, 1.82) is 0 Å². The largest absolute Gasteiger partial charge is 0.450 e. The molecule has 1 fully saturated rings. The first-order chi connectivity index (χ1) is 9.69. The summed E-state index contributed by atoms with van der Waals surface area (Å²) in [5, 5.41) is 3.71. The molecule has 20 heavy (non-hydrogen) atoms. The SMILES string of the molecule is CCOC(=O)NC1CCCN(Cc2ccccc2Cl)C1. The number of hydrogen-bond acceptors (Lipinski definition) is 3. The Labute approximate surface area is 125 Å². The number of halogens is 1. The number of hydrogen-bond donors (Lipinski definition) is 1. The number of likely N-dealkylation sites (tertiary alicyclic amines) is 1. The molecule has 1 N–H and O–H groups in total. The Morgan fingerprint density at radius 3 is 3.05 bits per heavy atom. The van der Waals surface area contributed by atoms with E-state index in [0.29, 0.717) is 6.61 Å². The van der Waals surface area contributed by atoms with Gasteiger partial charge in [-0.3, -0.25) is 4.90 Å². The van der Waals surface area contributed by atoms with Gasteiger partial charge in [0.2, 0.25) is 0 Å². The Morgan fingerprint density at radius 2 is 2.30 bits per heavy atom. The molecule has 4 nitrogen and oxygen atoms in total. The summed E-state index contributed by atoms with van der Waals surface area (Å²) in [6.07, 6.45) is 1.75. The molecule has 0 spiro atoms. The van der Waals surface area contributed by atoms with Crippen LogP contribution in [0.15, 0.2) is 24.3 Å². The van der Waals surface area contributed by atoms with Gasteiger partial charge in [-0.2, -0.15) is 0 Å². The summed E-state index contributed by atoms with van der Waals surface area (Å²) in [5.41, 5.74) is 1.13. The normalized spacial score (nSPS) is 19.6. The number of carbonyl (C=O) groups is 1. The molecule has 5 heteroatoms. The maximum Gasteiger partial charge on any atom is 0.407 e. The molecule has 110 valence electrons. The maximum atomic E-state index is 11.5. The van der Waals surface area contributed by atoms with Gasteiger partial charge in [0.05, 0.1) is 6.61 Å². The van der Waals surface area contributed by atoms with Gasteiger partial charge in [-0.25, -0.2) is 4.79 Å². The van der Waals surface area contributed by atoms with Crippen molar-refractivity contribution in [1.82, 2.24) is 10.2 Å². The van der Waals surface area contributed by atoms with Crippen molar-refractivity contribution in [2.24, 2.45) is 0 Å². The average molecular weight is 297 g/mol. The Kier molecular flexibility index (Phi) is 5.68. The van der Waals surface area contributed by atoms with Crippen LogP contribution in [0.5, 0.6) is 0 Å². The molecule has 1 atom stereocenters. The van der Waals surface area contributed by atoms with Crippen LogP contribution < -0.4 is 5.32 Å². The number of benzene rings is 1. The highest BCUT2D eigenvalue weighted by molar-refractivity contribution is 6.31. The molecule has 0 saturated carbocycles. The quantitative estimate of drug-likeness (QED) is 0.928. The Bertz CT molecular complexity index is 453. The molecule has 1 unspecified atom stereocenters. The summed E-state index contributed by atoms with van der Waals surface area (Å²) in [7, 11) is 0. The highest BCUT2D eigenvalue weighted by Crippen LogP contribution is 2.19. The lowest BCUT2D eigenvalue weighted by atomic mass is 10.0. The maximum absolute atomic E-state index is 11.5. The van der Waals surface area contributed by atoms with E-state index < -0.39 is 0 Å². The predicted octanol–water partition coefficient (Wildman–Crippen LogP) is 3.05. The van der Waals surface area contributed by atoms with Crippen molar-refractivity contribution >= 4 is 17.7 Å². The van der Waals surface area contributed by atoms with Gasteiger partial charge >= 0.3 is 6.09 Å². The monoisotopic (exact) mass is 296 g/mol. The van der Waals surface area contributed by atoms with E-state index >= 15 is 0 Å². The minimum atomic E-state index is -0.322. The van der Waals surface area contributed by atoms with Crippen molar-refractivity contribution in [2.45, 2.75) is 32.4 Å². The molecular formula is C15H21ClN2O2. The number of nitrogens with zero attached hydrogens (tertiary/aromatic N) is 1. The standard InChI is InChI=1S/C15H21ClN2O2/c1-2-20-15(19)17-13-7-5-9-18(11-13)10-12-6-3-4-8-14(12)16/h3-4,6,8,13H,2,5,7,9-11H2,1H3,(H,17,19). The van der Waals surface area contributed by atoms with E-state index in [1.165, 1.54) is 0 Å². The zero-order valence-electron chi connectivity index (χ0n) is 11.8. The van der Waals surface area contributed by atoms with Crippen LogP contribution in [0.25, 0.3) is 0 Å². The number of ether oxygens (including phenoxy) is 1. The van der Waals surface area contributed by atoms with Crippen molar-refractivity contribution in [3.8, 4) is 0 Å². The number of alkyl carbamates (subject to hydrolysis) is 1. The van der Waals surface area contributed by atoms with E-state index in [9.17, 15) is 4.79 Å². The van der Waals surface area contributed by atoms with Gasteiger partial charge in [0.1, 0.15) is 0 Å². The lowest BCUT2D eigenvalue weighted by Crippen LogP contribution is -2.47. The van der Waals surface area contributed by atoms with Crippen LogP contribution in [0.2, 0.25) is 5.02 Å². The molecule has 1 aromatic carbocycles. The van der Waals surface area contributed by atoms with Crippen molar-refractivity contribution < 1.29 is 9.53 Å². The molecule has 1 heterocycles. The Balaban J connectivity index is 1.87. The second-order valence-corrected chi connectivity index (χ2v) is 5.44. The van der Waals surface area contributed by atoms with Gasteiger partial charge in [-0.05, 0) is 37.9 Å². The Morgan fingerprint density at radius 1 is 1.50 bits per heavy atom. The molecule has 0 aliphatic carbocycles. The fourth-order valence-electron chi connectivity index (χ4n) is 2.52. The molecule has 0 aromatic heterocycles. The molecule has 1 aromatic rings. The first kappa shape index (κ1) is 15.1. The second kappa shape index (κ2) is 7.50. The third-order valence-corrected chi connectivity index (χ3v) is 3.82. The van der Waals surface area contributed by atoms with Crippen LogP contribution in [0.4, 0.5) is 4.79 Å². The van der Waals surface area contributed by atoms with Gasteiger partial charge in [0, 0.05) is 24.2 Å². The van der Waals surface area contributed by atoms with Gasteiger partial charge < -0.3 is 10.1 Å². The van der Waals surface area contributed by atoms with Gasteiger partial charge in [-0.15, -0.1) is 0 Å². The van der Waals surface area contributed by atoms with Crippen LogP contribution >= 0.6 is 11.6 Å². The van der Waals surface area contributed by atoms with Crippen molar-refractivity contribution in [3.63, 3.8) is 0 Å². The molecular weight excluding hydrogens is 276 g/mol.